The standard InChI is InChI=1S/C23H22ClNO5/c1-4-29-22(27)19(23(28)30-5-2)18-16-12-15(24)9-10-17(16)25-20(18)21(26)14-8-6-7-13(3)11-14/h6-12,19,25H,4-5H2,1-3H3. The van der Waals surface area contributed by atoms with E-state index in [9.17, 15) is 14.4 Å². The van der Waals surface area contributed by atoms with Crippen LogP contribution in [0.2, 0.25) is 5.02 Å². The molecule has 30 heavy (non-hydrogen) atoms. The predicted molar refractivity (Wildman–Crippen MR) is 114 cm³/mol. The van der Waals surface area contributed by atoms with Crippen LogP contribution < -0.4 is 0 Å². The first kappa shape index (κ1) is 21.6. The summed E-state index contributed by atoms with van der Waals surface area (Å²) in [5.74, 6) is -3.33. The third kappa shape index (κ3) is 4.24. The van der Waals surface area contributed by atoms with Gasteiger partial charge >= 0.3 is 11.9 Å². The van der Waals surface area contributed by atoms with Crippen LogP contribution >= 0.6 is 11.6 Å². The van der Waals surface area contributed by atoms with Crippen molar-refractivity contribution in [3.05, 3.63) is 69.9 Å². The molecule has 0 aliphatic heterocycles. The summed E-state index contributed by atoms with van der Waals surface area (Å²) in [6.45, 7) is 5.33. The summed E-state index contributed by atoms with van der Waals surface area (Å²) in [5, 5.41) is 0.897. The number of benzene rings is 2. The highest BCUT2D eigenvalue weighted by Crippen LogP contribution is 2.34. The van der Waals surface area contributed by atoms with E-state index in [0.717, 1.165) is 5.56 Å². The molecule has 0 aliphatic carbocycles. The van der Waals surface area contributed by atoms with Crippen LogP contribution in [0.5, 0.6) is 0 Å². The molecule has 1 N–H and O–H groups in total. The number of rotatable bonds is 7. The Kier molecular flexibility index (Phi) is 6.57. The van der Waals surface area contributed by atoms with Crippen LogP contribution in [-0.4, -0.2) is 35.9 Å². The smallest absolute Gasteiger partial charge is 0.324 e. The van der Waals surface area contributed by atoms with Crippen LogP contribution in [-0.2, 0) is 19.1 Å². The van der Waals surface area contributed by atoms with Crippen molar-refractivity contribution in [3.8, 4) is 0 Å². The number of fused-ring (bicyclic) bond motifs is 1. The zero-order valence-electron chi connectivity index (χ0n) is 17.0. The van der Waals surface area contributed by atoms with E-state index in [0.29, 0.717) is 21.5 Å². The number of carbonyl (C=O) groups is 3. The minimum absolute atomic E-state index is 0.0824. The molecule has 0 aliphatic rings. The lowest BCUT2D eigenvalue weighted by Gasteiger charge is -2.16. The van der Waals surface area contributed by atoms with Crippen LogP contribution in [0, 0.1) is 6.92 Å². The van der Waals surface area contributed by atoms with Crippen molar-refractivity contribution >= 4 is 40.2 Å². The number of halogens is 1. The van der Waals surface area contributed by atoms with E-state index in [4.69, 9.17) is 21.1 Å². The quantitative estimate of drug-likeness (QED) is 0.339. The summed E-state index contributed by atoms with van der Waals surface area (Å²) in [6, 6.07) is 12.0. The Morgan fingerprint density at radius 3 is 2.27 bits per heavy atom. The second kappa shape index (κ2) is 9.13. The maximum absolute atomic E-state index is 13.4. The van der Waals surface area contributed by atoms with Crippen molar-refractivity contribution in [2.45, 2.75) is 26.7 Å². The molecule has 0 atom stereocenters. The first-order valence-electron chi connectivity index (χ1n) is 9.63. The molecule has 3 aromatic rings. The van der Waals surface area contributed by atoms with Gasteiger partial charge < -0.3 is 14.5 Å². The summed E-state index contributed by atoms with van der Waals surface area (Å²) in [6.07, 6.45) is 0. The number of aromatic amines is 1. The van der Waals surface area contributed by atoms with Gasteiger partial charge in [-0.3, -0.25) is 14.4 Å². The van der Waals surface area contributed by atoms with Gasteiger partial charge in [-0.2, -0.15) is 0 Å². The van der Waals surface area contributed by atoms with Gasteiger partial charge in [-0.25, -0.2) is 0 Å². The molecule has 0 unspecified atom stereocenters. The number of nitrogens with one attached hydrogen (secondary N) is 1. The molecule has 7 heteroatoms. The van der Waals surface area contributed by atoms with E-state index in [1.165, 1.54) is 0 Å². The summed E-state index contributed by atoms with van der Waals surface area (Å²) in [5.41, 5.74) is 2.25. The van der Waals surface area contributed by atoms with Crippen molar-refractivity contribution in [2.24, 2.45) is 0 Å². The van der Waals surface area contributed by atoms with Crippen LogP contribution in [0.25, 0.3) is 10.9 Å². The minimum Gasteiger partial charge on any atom is -0.465 e. The first-order chi connectivity index (χ1) is 14.4. The van der Waals surface area contributed by atoms with E-state index in [1.54, 1.807) is 50.2 Å². The SMILES string of the molecule is CCOC(=O)C(C(=O)OCC)c1c(C(=O)c2cccc(C)c2)[nH]c2ccc(Cl)cc12. The molecule has 0 saturated carbocycles. The zero-order valence-corrected chi connectivity index (χ0v) is 17.7. The zero-order chi connectivity index (χ0) is 21.8. The van der Waals surface area contributed by atoms with Gasteiger partial charge in [0, 0.05) is 27.1 Å². The molecule has 2 aromatic carbocycles. The summed E-state index contributed by atoms with van der Waals surface area (Å²) < 4.78 is 10.3. The molecule has 1 aromatic heterocycles. The van der Waals surface area contributed by atoms with Crippen LogP contribution in [0.15, 0.2) is 42.5 Å². The summed E-state index contributed by atoms with van der Waals surface area (Å²) in [7, 11) is 0. The second-order valence-electron chi connectivity index (χ2n) is 6.74. The number of aromatic nitrogens is 1. The highest BCUT2D eigenvalue weighted by molar-refractivity contribution is 6.31. The molecule has 156 valence electrons. The number of hydrogen-bond acceptors (Lipinski definition) is 5. The third-order valence-corrected chi connectivity index (χ3v) is 4.88. The summed E-state index contributed by atoms with van der Waals surface area (Å²) in [4.78, 5) is 42.0. The van der Waals surface area contributed by atoms with Gasteiger partial charge in [0.1, 0.15) is 0 Å². The van der Waals surface area contributed by atoms with Gasteiger partial charge in [-0.05, 0) is 45.0 Å². The molecular weight excluding hydrogens is 406 g/mol. The first-order valence-corrected chi connectivity index (χ1v) is 10.0. The van der Waals surface area contributed by atoms with Crippen LogP contribution in [0.3, 0.4) is 0 Å². The number of hydrogen-bond donors (Lipinski definition) is 1. The number of ketones is 1. The molecule has 1 heterocycles. The van der Waals surface area contributed by atoms with Crippen molar-refractivity contribution in [3.63, 3.8) is 0 Å². The Morgan fingerprint density at radius 1 is 1.00 bits per heavy atom. The maximum atomic E-state index is 13.4. The Bertz CT molecular complexity index is 1100. The molecule has 6 nitrogen and oxygen atoms in total. The van der Waals surface area contributed by atoms with Gasteiger partial charge in [0.2, 0.25) is 5.78 Å². The average Bonchev–Trinajstić information content (AvgIpc) is 3.06. The van der Waals surface area contributed by atoms with Crippen molar-refractivity contribution in [1.82, 2.24) is 4.98 Å². The van der Waals surface area contributed by atoms with E-state index in [1.807, 2.05) is 13.0 Å². The van der Waals surface area contributed by atoms with Gasteiger partial charge in [0.25, 0.3) is 0 Å². The molecule has 0 fully saturated rings. The molecule has 0 saturated heterocycles. The monoisotopic (exact) mass is 427 g/mol. The van der Waals surface area contributed by atoms with Crippen molar-refractivity contribution in [2.75, 3.05) is 13.2 Å². The van der Waals surface area contributed by atoms with E-state index in [2.05, 4.69) is 4.98 Å². The predicted octanol–water partition coefficient (Wildman–Crippen LogP) is 4.57. The lowest BCUT2D eigenvalue weighted by molar-refractivity contribution is -0.156. The number of carbonyl (C=O) groups excluding carboxylic acids is 3. The Morgan fingerprint density at radius 2 is 1.67 bits per heavy atom. The molecule has 0 amide bonds. The summed E-state index contributed by atoms with van der Waals surface area (Å²) >= 11 is 6.17. The number of ether oxygens (including phenoxy) is 2. The number of H-pyrrole nitrogens is 1. The molecule has 0 radical (unpaired) electrons. The number of esters is 2. The fourth-order valence-electron chi connectivity index (χ4n) is 3.38. The minimum atomic E-state index is -1.42. The molecule has 3 rings (SSSR count). The van der Waals surface area contributed by atoms with E-state index in [-0.39, 0.29) is 30.3 Å². The van der Waals surface area contributed by atoms with Crippen molar-refractivity contribution < 1.29 is 23.9 Å². The Labute approximate surface area is 179 Å². The van der Waals surface area contributed by atoms with Gasteiger partial charge in [-0.1, -0.05) is 35.4 Å². The Hall–Kier alpha value is -3.12. The van der Waals surface area contributed by atoms with Crippen LogP contribution in [0.1, 0.15) is 46.9 Å². The van der Waals surface area contributed by atoms with Gasteiger partial charge in [-0.15, -0.1) is 0 Å². The fraction of sp³-hybridized carbons (Fsp3) is 0.261. The van der Waals surface area contributed by atoms with Gasteiger partial charge in [0.15, 0.2) is 5.92 Å². The molecule has 0 spiro atoms. The van der Waals surface area contributed by atoms with Crippen LogP contribution in [0.4, 0.5) is 0 Å². The average molecular weight is 428 g/mol. The van der Waals surface area contributed by atoms with Crippen molar-refractivity contribution in [1.29, 1.82) is 0 Å². The normalized spacial score (nSPS) is 11.0. The van der Waals surface area contributed by atoms with E-state index >= 15 is 0 Å². The topological polar surface area (TPSA) is 85.5 Å². The largest absolute Gasteiger partial charge is 0.465 e. The number of aryl methyl sites for hydroxylation is 1. The highest BCUT2D eigenvalue weighted by Gasteiger charge is 2.37. The maximum Gasteiger partial charge on any atom is 0.324 e. The van der Waals surface area contributed by atoms with Gasteiger partial charge in [0.05, 0.1) is 18.9 Å². The lowest BCUT2D eigenvalue weighted by Crippen LogP contribution is -2.27. The Balaban J connectivity index is 2.27. The third-order valence-electron chi connectivity index (χ3n) is 4.64. The second-order valence-corrected chi connectivity index (χ2v) is 7.18. The molecular formula is C23H22ClNO5. The fourth-order valence-corrected chi connectivity index (χ4v) is 3.55. The van der Waals surface area contributed by atoms with E-state index < -0.39 is 17.9 Å². The lowest BCUT2D eigenvalue weighted by atomic mass is 9.92. The molecule has 0 bridgehead atoms. The highest BCUT2D eigenvalue weighted by atomic mass is 35.5.